The molecule has 0 saturated carbocycles. The van der Waals surface area contributed by atoms with Crippen LogP contribution in [0.5, 0.6) is 0 Å². The van der Waals surface area contributed by atoms with Crippen molar-refractivity contribution in [3.8, 4) is 0 Å². The zero-order chi connectivity index (χ0) is 10.7. The molecular formula is C9H8INO3. The van der Waals surface area contributed by atoms with Crippen LogP contribution in [-0.2, 0) is 4.79 Å². The van der Waals surface area contributed by atoms with Crippen molar-refractivity contribution >= 4 is 40.2 Å². The van der Waals surface area contributed by atoms with Crippen molar-refractivity contribution in [2.45, 2.75) is 6.92 Å². The van der Waals surface area contributed by atoms with Crippen LogP contribution in [0.25, 0.3) is 0 Å². The highest BCUT2D eigenvalue weighted by molar-refractivity contribution is 14.1. The molecule has 14 heavy (non-hydrogen) atoms. The number of carbonyl (C=O) groups is 2. The van der Waals surface area contributed by atoms with Gasteiger partial charge in [-0.05, 0) is 40.8 Å². The van der Waals surface area contributed by atoms with Gasteiger partial charge in [-0.1, -0.05) is 0 Å². The van der Waals surface area contributed by atoms with E-state index in [-0.39, 0.29) is 11.5 Å². The lowest BCUT2D eigenvalue weighted by atomic mass is 10.2. The smallest absolute Gasteiger partial charge is 0.335 e. The standard InChI is InChI=1S/C9H8INO3/c1-5(12)11-8-3-2-6(9(13)14)4-7(8)10/h2-4H,1H3,(H,11,12)(H,13,14). The summed E-state index contributed by atoms with van der Waals surface area (Å²) in [5.41, 5.74) is 0.839. The minimum Gasteiger partial charge on any atom is -0.478 e. The van der Waals surface area contributed by atoms with E-state index in [1.807, 2.05) is 22.6 Å². The van der Waals surface area contributed by atoms with Crippen molar-refractivity contribution in [2.75, 3.05) is 5.32 Å². The first-order chi connectivity index (χ1) is 6.50. The van der Waals surface area contributed by atoms with Gasteiger partial charge < -0.3 is 10.4 Å². The second kappa shape index (κ2) is 4.41. The lowest BCUT2D eigenvalue weighted by molar-refractivity contribution is -0.114. The molecule has 1 aromatic rings. The summed E-state index contributed by atoms with van der Waals surface area (Å²) >= 11 is 1.97. The molecule has 0 aliphatic carbocycles. The molecule has 1 rings (SSSR count). The van der Waals surface area contributed by atoms with Crippen LogP contribution in [0.3, 0.4) is 0 Å². The number of hydrogen-bond donors (Lipinski definition) is 2. The number of amides is 1. The van der Waals surface area contributed by atoms with Crippen LogP contribution in [0.1, 0.15) is 17.3 Å². The average molecular weight is 305 g/mol. The number of aromatic carboxylic acids is 1. The zero-order valence-corrected chi connectivity index (χ0v) is 9.53. The molecule has 1 aromatic carbocycles. The number of rotatable bonds is 2. The third-order valence-corrected chi connectivity index (χ3v) is 2.42. The Balaban J connectivity index is 3.01. The molecule has 2 N–H and O–H groups in total. The van der Waals surface area contributed by atoms with Gasteiger partial charge in [0.2, 0.25) is 5.91 Å². The summed E-state index contributed by atoms with van der Waals surface area (Å²) in [4.78, 5) is 21.3. The topological polar surface area (TPSA) is 66.4 Å². The van der Waals surface area contributed by atoms with E-state index >= 15 is 0 Å². The molecule has 0 heterocycles. The highest BCUT2D eigenvalue weighted by Gasteiger charge is 2.06. The van der Waals surface area contributed by atoms with Gasteiger partial charge in [-0.3, -0.25) is 4.79 Å². The maximum Gasteiger partial charge on any atom is 0.335 e. The Morgan fingerprint density at radius 3 is 2.50 bits per heavy atom. The summed E-state index contributed by atoms with van der Waals surface area (Å²) in [5, 5.41) is 11.3. The van der Waals surface area contributed by atoms with Crippen LogP contribution < -0.4 is 5.32 Å². The highest BCUT2D eigenvalue weighted by atomic mass is 127. The van der Waals surface area contributed by atoms with Crippen molar-refractivity contribution in [1.29, 1.82) is 0 Å². The molecule has 0 unspecified atom stereocenters. The van der Waals surface area contributed by atoms with Gasteiger partial charge in [0.05, 0.1) is 11.3 Å². The number of benzene rings is 1. The van der Waals surface area contributed by atoms with Gasteiger partial charge in [0.25, 0.3) is 0 Å². The fourth-order valence-electron chi connectivity index (χ4n) is 0.939. The second-order valence-corrected chi connectivity index (χ2v) is 3.84. The summed E-state index contributed by atoms with van der Waals surface area (Å²) in [6.07, 6.45) is 0. The molecule has 1 amide bonds. The van der Waals surface area contributed by atoms with Gasteiger partial charge in [-0.25, -0.2) is 4.79 Å². The molecule has 0 fully saturated rings. The van der Waals surface area contributed by atoms with E-state index in [4.69, 9.17) is 5.11 Å². The maximum atomic E-state index is 10.8. The van der Waals surface area contributed by atoms with E-state index in [1.54, 1.807) is 6.07 Å². The number of carbonyl (C=O) groups excluding carboxylic acids is 1. The monoisotopic (exact) mass is 305 g/mol. The van der Waals surface area contributed by atoms with Crippen molar-refractivity contribution in [2.24, 2.45) is 0 Å². The van der Waals surface area contributed by atoms with Gasteiger partial charge in [0.15, 0.2) is 0 Å². The van der Waals surface area contributed by atoms with Crippen molar-refractivity contribution < 1.29 is 14.7 Å². The Kier molecular flexibility index (Phi) is 3.45. The van der Waals surface area contributed by atoms with E-state index in [0.29, 0.717) is 9.26 Å². The van der Waals surface area contributed by atoms with Crippen molar-refractivity contribution in [3.05, 3.63) is 27.3 Å². The number of hydrogen-bond acceptors (Lipinski definition) is 2. The van der Waals surface area contributed by atoms with Gasteiger partial charge >= 0.3 is 5.97 Å². The molecule has 0 radical (unpaired) electrons. The van der Waals surface area contributed by atoms with Crippen LogP contribution >= 0.6 is 22.6 Å². The molecule has 0 spiro atoms. The lowest BCUT2D eigenvalue weighted by Gasteiger charge is -2.05. The van der Waals surface area contributed by atoms with Crippen LogP contribution in [0, 0.1) is 3.57 Å². The Morgan fingerprint density at radius 1 is 1.43 bits per heavy atom. The molecule has 5 heteroatoms. The Bertz CT molecular complexity index is 390. The third-order valence-electron chi connectivity index (χ3n) is 1.53. The predicted octanol–water partition coefficient (Wildman–Crippen LogP) is 1.95. The van der Waals surface area contributed by atoms with Gasteiger partial charge in [-0.15, -0.1) is 0 Å². The van der Waals surface area contributed by atoms with E-state index in [9.17, 15) is 9.59 Å². The number of carboxylic acids is 1. The highest BCUT2D eigenvalue weighted by Crippen LogP contribution is 2.19. The van der Waals surface area contributed by atoms with E-state index in [2.05, 4.69) is 5.32 Å². The molecular weight excluding hydrogens is 297 g/mol. The van der Waals surface area contributed by atoms with Gasteiger partial charge in [0, 0.05) is 10.5 Å². The average Bonchev–Trinajstić information content (AvgIpc) is 2.07. The van der Waals surface area contributed by atoms with Crippen molar-refractivity contribution in [1.82, 2.24) is 0 Å². The minimum absolute atomic E-state index is 0.175. The first-order valence-corrected chi connectivity index (χ1v) is 4.89. The predicted molar refractivity (Wildman–Crippen MR) is 60.4 cm³/mol. The van der Waals surface area contributed by atoms with Gasteiger partial charge in [-0.2, -0.15) is 0 Å². The zero-order valence-electron chi connectivity index (χ0n) is 7.37. The largest absolute Gasteiger partial charge is 0.478 e. The lowest BCUT2D eigenvalue weighted by Crippen LogP contribution is -2.08. The van der Waals surface area contributed by atoms with Gasteiger partial charge in [0.1, 0.15) is 0 Å². The fraction of sp³-hybridized carbons (Fsp3) is 0.111. The summed E-state index contributed by atoms with van der Waals surface area (Å²) < 4.78 is 0.706. The SMILES string of the molecule is CC(=O)Nc1ccc(C(=O)O)cc1I. The molecule has 74 valence electrons. The molecule has 0 aliphatic heterocycles. The summed E-state index contributed by atoms with van der Waals surface area (Å²) in [5.74, 6) is -1.15. The summed E-state index contributed by atoms with van der Waals surface area (Å²) in [6.45, 7) is 1.40. The molecule has 4 nitrogen and oxygen atoms in total. The Morgan fingerprint density at radius 2 is 2.07 bits per heavy atom. The number of nitrogens with one attached hydrogen (secondary N) is 1. The molecule has 0 saturated heterocycles. The molecule has 0 atom stereocenters. The van der Waals surface area contributed by atoms with Crippen LogP contribution in [0.4, 0.5) is 5.69 Å². The molecule has 0 aromatic heterocycles. The van der Waals surface area contributed by atoms with Crippen LogP contribution in [-0.4, -0.2) is 17.0 Å². The first kappa shape index (κ1) is 11.0. The van der Waals surface area contributed by atoms with Crippen molar-refractivity contribution in [3.63, 3.8) is 0 Å². The Hall–Kier alpha value is -1.11. The third kappa shape index (κ3) is 2.69. The number of anilines is 1. The molecule has 0 bridgehead atoms. The van der Waals surface area contributed by atoms with Crippen LogP contribution in [0.15, 0.2) is 18.2 Å². The van der Waals surface area contributed by atoms with Crippen LogP contribution in [0.2, 0.25) is 0 Å². The minimum atomic E-state index is -0.975. The Labute approximate surface area is 94.5 Å². The summed E-state index contributed by atoms with van der Waals surface area (Å²) in [7, 11) is 0. The van der Waals surface area contributed by atoms with E-state index in [1.165, 1.54) is 19.1 Å². The van der Waals surface area contributed by atoms with E-state index in [0.717, 1.165) is 0 Å². The number of carboxylic acid groups (broad SMARTS) is 1. The van der Waals surface area contributed by atoms with E-state index < -0.39 is 5.97 Å². The molecule has 0 aliphatic rings. The second-order valence-electron chi connectivity index (χ2n) is 2.68. The maximum absolute atomic E-state index is 10.8. The fourth-order valence-corrected chi connectivity index (χ4v) is 1.59. The summed E-state index contributed by atoms with van der Waals surface area (Å²) in [6, 6.07) is 4.54. The normalized spacial score (nSPS) is 9.57. The quantitative estimate of drug-likeness (QED) is 0.821. The first-order valence-electron chi connectivity index (χ1n) is 3.81. The number of halogens is 1.